The fourth-order valence-electron chi connectivity index (χ4n) is 1.82. The third kappa shape index (κ3) is 2.80. The van der Waals surface area contributed by atoms with Crippen LogP contribution in [0.15, 0.2) is 42.5 Å². The summed E-state index contributed by atoms with van der Waals surface area (Å²) in [6.07, 6.45) is 0. The number of benzene rings is 2. The van der Waals surface area contributed by atoms with Crippen molar-refractivity contribution in [2.24, 2.45) is 0 Å². The molecular weight excluding hydrogens is 227 g/mol. The van der Waals surface area contributed by atoms with Gasteiger partial charge in [-0.1, -0.05) is 18.2 Å². The molecule has 0 heterocycles. The van der Waals surface area contributed by atoms with Gasteiger partial charge < -0.3 is 11.1 Å². The van der Waals surface area contributed by atoms with Crippen molar-refractivity contribution < 1.29 is 4.39 Å². The lowest BCUT2D eigenvalue weighted by Crippen LogP contribution is -2.07. The Balaban J connectivity index is 2.13. The number of nitrogens with one attached hydrogen (secondary N) is 1. The van der Waals surface area contributed by atoms with E-state index in [-0.39, 0.29) is 11.9 Å². The molecule has 1 unspecified atom stereocenters. The molecule has 0 amide bonds. The first-order valence-corrected chi connectivity index (χ1v) is 5.94. The highest BCUT2D eigenvalue weighted by Gasteiger charge is 2.06. The van der Waals surface area contributed by atoms with Crippen LogP contribution in [0, 0.1) is 12.7 Å². The highest BCUT2D eigenvalue weighted by molar-refractivity contribution is 5.59. The van der Waals surface area contributed by atoms with Gasteiger partial charge in [0.2, 0.25) is 0 Å². The highest BCUT2D eigenvalue weighted by Crippen LogP contribution is 2.22. The van der Waals surface area contributed by atoms with Crippen LogP contribution in [0.3, 0.4) is 0 Å². The van der Waals surface area contributed by atoms with Crippen LogP contribution in [0.1, 0.15) is 24.1 Å². The molecule has 0 bridgehead atoms. The SMILES string of the molecule is Cc1ccc(NC(C)c2ccc(F)cc2)cc1N. The van der Waals surface area contributed by atoms with E-state index in [1.54, 1.807) is 12.1 Å². The van der Waals surface area contributed by atoms with Gasteiger partial charge in [0.1, 0.15) is 5.82 Å². The monoisotopic (exact) mass is 244 g/mol. The van der Waals surface area contributed by atoms with Gasteiger partial charge in [0.15, 0.2) is 0 Å². The standard InChI is InChI=1S/C15H17FN2/c1-10-3-8-14(9-15(10)17)18-11(2)12-4-6-13(16)7-5-12/h3-9,11,18H,17H2,1-2H3. The summed E-state index contributed by atoms with van der Waals surface area (Å²) < 4.78 is 12.8. The molecular formula is C15H17FN2. The summed E-state index contributed by atoms with van der Waals surface area (Å²) in [7, 11) is 0. The van der Waals surface area contributed by atoms with E-state index in [2.05, 4.69) is 5.32 Å². The first-order valence-electron chi connectivity index (χ1n) is 5.94. The predicted molar refractivity (Wildman–Crippen MR) is 74.0 cm³/mol. The lowest BCUT2D eigenvalue weighted by molar-refractivity contribution is 0.626. The normalized spacial score (nSPS) is 12.2. The van der Waals surface area contributed by atoms with Gasteiger partial charge in [-0.05, 0) is 49.2 Å². The fourth-order valence-corrected chi connectivity index (χ4v) is 1.82. The smallest absolute Gasteiger partial charge is 0.123 e. The lowest BCUT2D eigenvalue weighted by atomic mass is 10.1. The molecule has 18 heavy (non-hydrogen) atoms. The maximum atomic E-state index is 12.8. The predicted octanol–water partition coefficient (Wildman–Crippen LogP) is 3.89. The number of nitrogens with two attached hydrogens (primary N) is 1. The molecule has 3 heteroatoms. The lowest BCUT2D eigenvalue weighted by Gasteiger charge is -2.16. The molecule has 1 atom stereocenters. The van der Waals surface area contributed by atoms with Gasteiger partial charge >= 0.3 is 0 Å². The van der Waals surface area contributed by atoms with E-state index in [0.717, 1.165) is 22.5 Å². The minimum Gasteiger partial charge on any atom is -0.398 e. The van der Waals surface area contributed by atoms with Crippen LogP contribution >= 0.6 is 0 Å². The Morgan fingerprint density at radius 2 is 1.78 bits per heavy atom. The molecule has 0 saturated heterocycles. The molecule has 0 fully saturated rings. The van der Waals surface area contributed by atoms with Crippen molar-refractivity contribution in [1.82, 2.24) is 0 Å². The zero-order valence-electron chi connectivity index (χ0n) is 10.6. The highest BCUT2D eigenvalue weighted by atomic mass is 19.1. The molecule has 2 nitrogen and oxygen atoms in total. The maximum Gasteiger partial charge on any atom is 0.123 e. The molecule has 0 aromatic heterocycles. The Labute approximate surface area is 107 Å². The summed E-state index contributed by atoms with van der Waals surface area (Å²) in [5.74, 6) is -0.217. The molecule has 0 spiro atoms. The number of rotatable bonds is 3. The number of hydrogen-bond donors (Lipinski definition) is 2. The van der Waals surface area contributed by atoms with Crippen molar-refractivity contribution in [1.29, 1.82) is 0 Å². The summed E-state index contributed by atoms with van der Waals surface area (Å²) in [4.78, 5) is 0. The summed E-state index contributed by atoms with van der Waals surface area (Å²) >= 11 is 0. The van der Waals surface area contributed by atoms with Crippen LogP contribution in [-0.4, -0.2) is 0 Å². The Kier molecular flexibility index (Phi) is 3.51. The van der Waals surface area contributed by atoms with Crippen molar-refractivity contribution in [3.63, 3.8) is 0 Å². The molecule has 0 radical (unpaired) electrons. The zero-order valence-corrected chi connectivity index (χ0v) is 10.6. The van der Waals surface area contributed by atoms with E-state index in [4.69, 9.17) is 5.73 Å². The quantitative estimate of drug-likeness (QED) is 0.804. The first-order chi connectivity index (χ1) is 8.56. The Morgan fingerprint density at radius 3 is 2.39 bits per heavy atom. The van der Waals surface area contributed by atoms with E-state index in [1.807, 2.05) is 32.0 Å². The van der Waals surface area contributed by atoms with Gasteiger partial charge in [0.05, 0.1) is 0 Å². The van der Waals surface area contributed by atoms with Gasteiger partial charge in [-0.2, -0.15) is 0 Å². The van der Waals surface area contributed by atoms with E-state index in [9.17, 15) is 4.39 Å². The largest absolute Gasteiger partial charge is 0.398 e. The zero-order chi connectivity index (χ0) is 13.1. The third-order valence-electron chi connectivity index (χ3n) is 3.03. The third-order valence-corrected chi connectivity index (χ3v) is 3.03. The van der Waals surface area contributed by atoms with Crippen molar-refractivity contribution in [2.75, 3.05) is 11.1 Å². The van der Waals surface area contributed by atoms with Gasteiger partial charge in [-0.15, -0.1) is 0 Å². The van der Waals surface area contributed by atoms with E-state index < -0.39 is 0 Å². The fraction of sp³-hybridized carbons (Fsp3) is 0.200. The first kappa shape index (κ1) is 12.4. The van der Waals surface area contributed by atoms with Crippen LogP contribution in [0.25, 0.3) is 0 Å². The number of aryl methyl sites for hydroxylation is 1. The van der Waals surface area contributed by atoms with E-state index in [0.29, 0.717) is 0 Å². The second kappa shape index (κ2) is 5.08. The van der Waals surface area contributed by atoms with Crippen LogP contribution in [0.5, 0.6) is 0 Å². The summed E-state index contributed by atoms with van der Waals surface area (Å²) in [6.45, 7) is 4.01. The van der Waals surface area contributed by atoms with Crippen molar-refractivity contribution >= 4 is 11.4 Å². The van der Waals surface area contributed by atoms with Crippen molar-refractivity contribution in [3.05, 3.63) is 59.4 Å². The molecule has 0 aliphatic rings. The summed E-state index contributed by atoms with van der Waals surface area (Å²) in [5.41, 5.74) is 9.70. The minimum absolute atomic E-state index is 0.104. The minimum atomic E-state index is -0.217. The van der Waals surface area contributed by atoms with Gasteiger partial charge in [0, 0.05) is 17.4 Å². The molecule has 2 aromatic carbocycles. The Bertz CT molecular complexity index is 535. The molecule has 3 N–H and O–H groups in total. The van der Waals surface area contributed by atoms with E-state index in [1.165, 1.54) is 12.1 Å². The van der Waals surface area contributed by atoms with Crippen LogP contribution in [0.2, 0.25) is 0 Å². The van der Waals surface area contributed by atoms with Crippen molar-refractivity contribution in [2.45, 2.75) is 19.9 Å². The van der Waals surface area contributed by atoms with Crippen molar-refractivity contribution in [3.8, 4) is 0 Å². The Morgan fingerprint density at radius 1 is 1.11 bits per heavy atom. The number of nitrogen functional groups attached to an aromatic ring is 1. The summed E-state index contributed by atoms with van der Waals surface area (Å²) in [6, 6.07) is 12.5. The molecule has 0 aliphatic heterocycles. The summed E-state index contributed by atoms with van der Waals surface area (Å²) in [5, 5.41) is 3.34. The molecule has 0 saturated carbocycles. The number of halogens is 1. The maximum absolute atomic E-state index is 12.8. The van der Waals surface area contributed by atoms with Crippen LogP contribution < -0.4 is 11.1 Å². The van der Waals surface area contributed by atoms with Gasteiger partial charge in [-0.3, -0.25) is 0 Å². The van der Waals surface area contributed by atoms with Gasteiger partial charge in [-0.25, -0.2) is 4.39 Å². The molecule has 2 aromatic rings. The second-order valence-corrected chi connectivity index (χ2v) is 4.49. The van der Waals surface area contributed by atoms with E-state index >= 15 is 0 Å². The average molecular weight is 244 g/mol. The van der Waals surface area contributed by atoms with Gasteiger partial charge in [0.25, 0.3) is 0 Å². The molecule has 0 aliphatic carbocycles. The number of anilines is 2. The average Bonchev–Trinajstić information content (AvgIpc) is 2.34. The Hall–Kier alpha value is -2.03. The second-order valence-electron chi connectivity index (χ2n) is 4.49. The topological polar surface area (TPSA) is 38.0 Å². The molecule has 94 valence electrons. The van der Waals surface area contributed by atoms with Crippen LogP contribution in [0.4, 0.5) is 15.8 Å². The van der Waals surface area contributed by atoms with Crippen LogP contribution in [-0.2, 0) is 0 Å². The molecule has 2 rings (SSSR count). The number of hydrogen-bond acceptors (Lipinski definition) is 2.